The van der Waals surface area contributed by atoms with Gasteiger partial charge in [0.05, 0.1) is 32.7 Å². The summed E-state index contributed by atoms with van der Waals surface area (Å²) in [5.74, 6) is 0.508. The molecule has 1 aliphatic heterocycles. The molecule has 0 aliphatic carbocycles. The monoisotopic (exact) mass is 423 g/mol. The summed E-state index contributed by atoms with van der Waals surface area (Å²) in [6.07, 6.45) is 1.66. The predicted octanol–water partition coefficient (Wildman–Crippen LogP) is 2.00. The maximum Gasteiger partial charge on any atom is 0.278 e. The van der Waals surface area contributed by atoms with Crippen LogP contribution in [-0.2, 0) is 10.0 Å². The van der Waals surface area contributed by atoms with Crippen molar-refractivity contribution in [3.05, 3.63) is 29.1 Å². The maximum atomic E-state index is 13.2. The first-order chi connectivity index (χ1) is 13.8. The normalized spacial score (nSPS) is 14.8. The standard InChI is InChI=1S/C19H25N3O6S/c1-12-18(29(24,25)21-8-6-7-9-21)13(2)22(20-12)19(23)14-10-15(26-3)17(28-5)16(11-14)27-4/h10-11H,6-9H2,1-5H3. The average Bonchev–Trinajstić information content (AvgIpc) is 3.35. The largest absolute Gasteiger partial charge is 0.493 e. The summed E-state index contributed by atoms with van der Waals surface area (Å²) in [5.41, 5.74) is 0.790. The van der Waals surface area contributed by atoms with Crippen LogP contribution in [0.15, 0.2) is 17.0 Å². The minimum atomic E-state index is -3.70. The molecule has 1 fully saturated rings. The van der Waals surface area contributed by atoms with Gasteiger partial charge in [0, 0.05) is 18.7 Å². The van der Waals surface area contributed by atoms with Gasteiger partial charge in [-0.25, -0.2) is 8.42 Å². The topological polar surface area (TPSA) is 100.0 Å². The number of aromatic nitrogens is 2. The Kier molecular flexibility index (Phi) is 5.85. The first-order valence-electron chi connectivity index (χ1n) is 9.17. The SMILES string of the molecule is COc1cc(C(=O)n2nc(C)c(S(=O)(=O)N3CCCC3)c2C)cc(OC)c1OC. The zero-order valence-corrected chi connectivity index (χ0v) is 18.0. The minimum absolute atomic E-state index is 0.0835. The molecule has 0 N–H and O–H groups in total. The van der Waals surface area contributed by atoms with Crippen LogP contribution in [-0.4, -0.2) is 62.8 Å². The van der Waals surface area contributed by atoms with Gasteiger partial charge < -0.3 is 14.2 Å². The fraction of sp³-hybridized carbons (Fsp3) is 0.474. The smallest absolute Gasteiger partial charge is 0.278 e. The number of sulfonamides is 1. The highest BCUT2D eigenvalue weighted by atomic mass is 32.2. The molecule has 1 saturated heterocycles. The van der Waals surface area contributed by atoms with E-state index in [9.17, 15) is 13.2 Å². The molecule has 0 amide bonds. The van der Waals surface area contributed by atoms with Crippen LogP contribution in [0.3, 0.4) is 0 Å². The van der Waals surface area contributed by atoms with Gasteiger partial charge in [-0.3, -0.25) is 4.79 Å². The molecule has 29 heavy (non-hydrogen) atoms. The molecule has 0 bridgehead atoms. The summed E-state index contributed by atoms with van der Waals surface area (Å²) < 4.78 is 44.5. The van der Waals surface area contributed by atoms with Crippen molar-refractivity contribution in [2.45, 2.75) is 31.6 Å². The molecule has 2 aromatic rings. The molecule has 0 saturated carbocycles. The number of aryl methyl sites for hydroxylation is 1. The van der Waals surface area contributed by atoms with Gasteiger partial charge in [0.25, 0.3) is 5.91 Å². The lowest BCUT2D eigenvalue weighted by atomic mass is 10.1. The number of hydrogen-bond donors (Lipinski definition) is 0. The van der Waals surface area contributed by atoms with Gasteiger partial charge in [-0.05, 0) is 38.8 Å². The van der Waals surface area contributed by atoms with Crippen molar-refractivity contribution in [3.63, 3.8) is 0 Å². The van der Waals surface area contributed by atoms with Crippen molar-refractivity contribution in [1.29, 1.82) is 0 Å². The molecule has 1 aromatic heterocycles. The van der Waals surface area contributed by atoms with E-state index in [0.29, 0.717) is 30.3 Å². The summed E-state index contributed by atoms with van der Waals surface area (Å²) in [4.78, 5) is 13.2. The van der Waals surface area contributed by atoms with Crippen molar-refractivity contribution in [2.24, 2.45) is 0 Å². The Bertz CT molecular complexity index is 1010. The van der Waals surface area contributed by atoms with E-state index >= 15 is 0 Å². The van der Waals surface area contributed by atoms with Crippen LogP contribution in [0, 0.1) is 13.8 Å². The molecule has 10 heteroatoms. The Morgan fingerprint density at radius 1 is 1.00 bits per heavy atom. The van der Waals surface area contributed by atoms with Crippen LogP contribution >= 0.6 is 0 Å². The van der Waals surface area contributed by atoms with Gasteiger partial charge in [-0.1, -0.05) is 0 Å². The van der Waals surface area contributed by atoms with Gasteiger partial charge in [0.2, 0.25) is 15.8 Å². The molecular weight excluding hydrogens is 398 g/mol. The number of carbonyl (C=O) groups is 1. The van der Waals surface area contributed by atoms with E-state index in [4.69, 9.17) is 14.2 Å². The number of methoxy groups -OCH3 is 3. The highest BCUT2D eigenvalue weighted by Gasteiger charge is 2.34. The molecular formula is C19H25N3O6S. The number of ether oxygens (including phenoxy) is 3. The number of carbonyl (C=O) groups excluding carboxylic acids is 1. The lowest BCUT2D eigenvalue weighted by molar-refractivity contribution is 0.0941. The van der Waals surface area contributed by atoms with Gasteiger partial charge >= 0.3 is 0 Å². The van der Waals surface area contributed by atoms with Gasteiger partial charge in [0.15, 0.2) is 11.5 Å². The Morgan fingerprint density at radius 2 is 1.55 bits per heavy atom. The molecule has 2 heterocycles. The zero-order chi connectivity index (χ0) is 21.3. The van der Waals surface area contributed by atoms with Crippen molar-refractivity contribution in [2.75, 3.05) is 34.4 Å². The molecule has 3 rings (SSSR count). The number of nitrogens with zero attached hydrogens (tertiary/aromatic N) is 3. The summed E-state index contributed by atoms with van der Waals surface area (Å²) in [6, 6.07) is 3.02. The molecule has 1 aromatic carbocycles. The third-order valence-electron chi connectivity index (χ3n) is 4.99. The third-order valence-corrected chi connectivity index (χ3v) is 7.14. The Balaban J connectivity index is 2.08. The highest BCUT2D eigenvalue weighted by molar-refractivity contribution is 7.89. The maximum absolute atomic E-state index is 13.2. The lowest BCUT2D eigenvalue weighted by Crippen LogP contribution is -2.29. The van der Waals surface area contributed by atoms with E-state index in [1.165, 1.54) is 37.8 Å². The summed E-state index contributed by atoms with van der Waals surface area (Å²) in [7, 11) is 0.676. The van der Waals surface area contributed by atoms with Gasteiger partial charge in [-0.2, -0.15) is 14.1 Å². The van der Waals surface area contributed by atoms with Crippen LogP contribution in [0.25, 0.3) is 0 Å². The van der Waals surface area contributed by atoms with E-state index < -0.39 is 15.9 Å². The van der Waals surface area contributed by atoms with E-state index in [1.807, 2.05) is 0 Å². The number of hydrogen-bond acceptors (Lipinski definition) is 7. The van der Waals surface area contributed by atoms with E-state index in [1.54, 1.807) is 13.8 Å². The van der Waals surface area contributed by atoms with Crippen molar-refractivity contribution in [3.8, 4) is 17.2 Å². The molecule has 1 aliphatic rings. The number of benzene rings is 1. The van der Waals surface area contributed by atoms with Crippen LogP contribution < -0.4 is 14.2 Å². The van der Waals surface area contributed by atoms with Crippen molar-refractivity contribution < 1.29 is 27.4 Å². The van der Waals surface area contributed by atoms with Crippen molar-refractivity contribution >= 4 is 15.9 Å². The molecule has 0 unspecified atom stereocenters. The van der Waals surface area contributed by atoms with E-state index in [0.717, 1.165) is 17.5 Å². The first kappa shape index (κ1) is 21.1. The zero-order valence-electron chi connectivity index (χ0n) is 17.2. The lowest BCUT2D eigenvalue weighted by Gasteiger charge is -2.16. The quantitative estimate of drug-likeness (QED) is 0.700. The Morgan fingerprint density at radius 3 is 2.03 bits per heavy atom. The fourth-order valence-corrected chi connectivity index (χ4v) is 5.45. The molecule has 0 radical (unpaired) electrons. The highest BCUT2D eigenvalue weighted by Crippen LogP contribution is 2.38. The first-order valence-corrected chi connectivity index (χ1v) is 10.6. The van der Waals surface area contributed by atoms with Gasteiger partial charge in [0.1, 0.15) is 4.90 Å². The van der Waals surface area contributed by atoms with E-state index in [2.05, 4.69) is 5.10 Å². The molecule has 0 atom stereocenters. The second-order valence-electron chi connectivity index (χ2n) is 6.74. The predicted molar refractivity (Wildman–Crippen MR) is 106 cm³/mol. The van der Waals surface area contributed by atoms with Crippen LogP contribution in [0.4, 0.5) is 0 Å². The summed E-state index contributed by atoms with van der Waals surface area (Å²) in [5, 5.41) is 4.23. The fourth-order valence-electron chi connectivity index (χ4n) is 3.58. The van der Waals surface area contributed by atoms with Crippen molar-refractivity contribution in [1.82, 2.24) is 14.1 Å². The van der Waals surface area contributed by atoms with Crippen LogP contribution in [0.1, 0.15) is 34.6 Å². The minimum Gasteiger partial charge on any atom is -0.493 e. The molecule has 0 spiro atoms. The Labute approximate surface area is 170 Å². The second kappa shape index (κ2) is 8.03. The van der Waals surface area contributed by atoms with E-state index in [-0.39, 0.29) is 21.8 Å². The van der Waals surface area contributed by atoms with Crippen LogP contribution in [0.2, 0.25) is 0 Å². The molecule has 9 nitrogen and oxygen atoms in total. The Hall–Kier alpha value is -2.59. The number of rotatable bonds is 6. The second-order valence-corrected chi connectivity index (χ2v) is 8.62. The third kappa shape index (κ3) is 3.58. The summed E-state index contributed by atoms with van der Waals surface area (Å²) >= 11 is 0. The van der Waals surface area contributed by atoms with Crippen LogP contribution in [0.5, 0.6) is 17.2 Å². The summed E-state index contributed by atoms with van der Waals surface area (Å²) in [6.45, 7) is 4.13. The molecule has 158 valence electrons. The van der Waals surface area contributed by atoms with Gasteiger partial charge in [-0.15, -0.1) is 0 Å². The average molecular weight is 423 g/mol.